The summed E-state index contributed by atoms with van der Waals surface area (Å²) >= 11 is 1.71. The first-order valence-electron chi connectivity index (χ1n) is 11.3. The third-order valence-corrected chi connectivity index (χ3v) is 8.07. The minimum atomic E-state index is 0.837. The second kappa shape index (κ2) is 8.27. The lowest BCUT2D eigenvalue weighted by Gasteiger charge is -2.48. The number of fused-ring (bicyclic) bond motifs is 4. The molecule has 2 bridgehead atoms. The molecule has 2 aliphatic heterocycles. The van der Waals surface area contributed by atoms with Crippen molar-refractivity contribution in [1.29, 1.82) is 0 Å². The van der Waals surface area contributed by atoms with Crippen LogP contribution in [-0.4, -0.2) is 28.0 Å². The molecule has 1 saturated carbocycles. The van der Waals surface area contributed by atoms with E-state index in [0.717, 1.165) is 41.1 Å². The zero-order valence-corrected chi connectivity index (χ0v) is 18.4. The summed E-state index contributed by atoms with van der Waals surface area (Å²) in [6, 6.07) is 6.87. The van der Waals surface area contributed by atoms with E-state index in [1.54, 1.807) is 24.2 Å². The molecule has 1 N–H and O–H groups in total. The van der Waals surface area contributed by atoms with Crippen LogP contribution in [0.3, 0.4) is 0 Å². The van der Waals surface area contributed by atoms with Gasteiger partial charge >= 0.3 is 0 Å². The zero-order chi connectivity index (χ0) is 19.8. The lowest BCUT2D eigenvalue weighted by atomic mass is 9.67. The second-order valence-electron chi connectivity index (χ2n) is 9.55. The minimum Gasteiger partial charge on any atom is -0.337 e. The van der Waals surface area contributed by atoms with Crippen molar-refractivity contribution in [1.82, 2.24) is 14.9 Å². The number of piperidine rings is 1. The van der Waals surface area contributed by atoms with Crippen molar-refractivity contribution in [2.45, 2.75) is 62.4 Å². The van der Waals surface area contributed by atoms with Crippen LogP contribution in [0.25, 0.3) is 0 Å². The summed E-state index contributed by atoms with van der Waals surface area (Å²) in [4.78, 5) is 12.8. The molecule has 0 amide bonds. The van der Waals surface area contributed by atoms with Crippen molar-refractivity contribution in [3.8, 4) is 0 Å². The highest BCUT2D eigenvalue weighted by atomic mass is 32.2. The number of rotatable bonds is 5. The zero-order valence-electron chi connectivity index (χ0n) is 17.6. The number of nitrogens with zero attached hydrogens (tertiary/aromatic N) is 3. The molecule has 2 unspecified atom stereocenters. The average molecular weight is 409 g/mol. The molecule has 4 nitrogen and oxygen atoms in total. The predicted octanol–water partition coefficient (Wildman–Crippen LogP) is 5.97. The Kier molecular flexibility index (Phi) is 5.53. The second-order valence-corrected chi connectivity index (χ2v) is 10.6. The van der Waals surface area contributed by atoms with Gasteiger partial charge in [-0.1, -0.05) is 44.5 Å². The van der Waals surface area contributed by atoms with Crippen LogP contribution < -0.4 is 5.32 Å². The fraction of sp³-hybridized carbons (Fsp3) is 0.583. The van der Waals surface area contributed by atoms with Gasteiger partial charge in [-0.25, -0.2) is 9.97 Å². The third-order valence-electron chi connectivity index (χ3n) is 7.00. The van der Waals surface area contributed by atoms with Gasteiger partial charge in [0.05, 0.1) is 5.69 Å². The van der Waals surface area contributed by atoms with Crippen molar-refractivity contribution < 1.29 is 0 Å². The Morgan fingerprint density at radius 2 is 1.93 bits per heavy atom. The van der Waals surface area contributed by atoms with Crippen LogP contribution in [0.4, 0.5) is 11.5 Å². The van der Waals surface area contributed by atoms with Gasteiger partial charge in [-0.15, -0.1) is 0 Å². The van der Waals surface area contributed by atoms with Gasteiger partial charge in [-0.2, -0.15) is 0 Å². The molecule has 5 heteroatoms. The first-order valence-corrected chi connectivity index (χ1v) is 12.1. The highest BCUT2D eigenvalue weighted by Crippen LogP contribution is 2.44. The fourth-order valence-corrected chi connectivity index (χ4v) is 6.49. The average Bonchev–Trinajstić information content (AvgIpc) is 2.70. The van der Waals surface area contributed by atoms with Crippen LogP contribution >= 0.6 is 11.8 Å². The molecular formula is C24H32N4S. The van der Waals surface area contributed by atoms with E-state index in [2.05, 4.69) is 52.2 Å². The van der Waals surface area contributed by atoms with E-state index in [0.29, 0.717) is 0 Å². The molecule has 2 fully saturated rings. The highest BCUT2D eigenvalue weighted by Gasteiger charge is 2.38. The van der Waals surface area contributed by atoms with Crippen LogP contribution in [-0.2, 0) is 6.54 Å². The van der Waals surface area contributed by atoms with Crippen LogP contribution in [0, 0.1) is 23.7 Å². The first kappa shape index (κ1) is 19.4. The van der Waals surface area contributed by atoms with Crippen molar-refractivity contribution >= 4 is 23.3 Å². The Morgan fingerprint density at radius 3 is 2.72 bits per heavy atom. The van der Waals surface area contributed by atoms with Crippen molar-refractivity contribution in [2.75, 3.05) is 18.4 Å². The molecule has 29 heavy (non-hydrogen) atoms. The van der Waals surface area contributed by atoms with Crippen LogP contribution in [0.1, 0.15) is 51.5 Å². The molecule has 3 aliphatic rings. The quantitative estimate of drug-likeness (QED) is 0.563. The molecule has 1 aromatic heterocycles. The Balaban J connectivity index is 1.26. The molecular weight excluding hydrogens is 376 g/mol. The predicted molar refractivity (Wildman–Crippen MR) is 120 cm³/mol. The summed E-state index contributed by atoms with van der Waals surface area (Å²) in [5.74, 6) is 4.51. The standard InChI is InChI=1S/C24H32N4S/c1-16(2)6-8-20-18-4-3-5-19(20)15-28(14-18)13-17-7-9-22-21(12-17)27-23-24(29-22)26-11-10-25-23/h7,9-12,16,18-20H,3-6,8,13-15H2,1-2H3,(H,25,27). The topological polar surface area (TPSA) is 41.0 Å². The number of aromatic nitrogens is 2. The maximum Gasteiger partial charge on any atom is 0.163 e. The normalized spacial score (nSPS) is 26.0. The van der Waals surface area contributed by atoms with E-state index in [1.807, 2.05) is 0 Å². The Morgan fingerprint density at radius 1 is 1.14 bits per heavy atom. The number of benzene rings is 1. The summed E-state index contributed by atoms with van der Waals surface area (Å²) in [5.41, 5.74) is 2.58. The first-order chi connectivity index (χ1) is 14.2. The van der Waals surface area contributed by atoms with E-state index in [9.17, 15) is 0 Å². The van der Waals surface area contributed by atoms with E-state index in [-0.39, 0.29) is 0 Å². The molecule has 1 aromatic carbocycles. The monoisotopic (exact) mass is 408 g/mol. The van der Waals surface area contributed by atoms with Crippen LogP contribution in [0.5, 0.6) is 0 Å². The molecule has 2 aromatic rings. The molecule has 1 saturated heterocycles. The van der Waals surface area contributed by atoms with E-state index in [1.165, 1.54) is 61.3 Å². The lowest BCUT2D eigenvalue weighted by molar-refractivity contribution is 0.0122. The van der Waals surface area contributed by atoms with Gasteiger partial charge in [-0.3, -0.25) is 4.90 Å². The molecule has 0 spiro atoms. The summed E-state index contributed by atoms with van der Waals surface area (Å²) in [6.45, 7) is 8.38. The highest BCUT2D eigenvalue weighted by molar-refractivity contribution is 7.99. The maximum atomic E-state index is 4.44. The van der Waals surface area contributed by atoms with Gasteiger partial charge < -0.3 is 5.32 Å². The molecule has 2 atom stereocenters. The van der Waals surface area contributed by atoms with Crippen molar-refractivity contribution in [3.05, 3.63) is 36.2 Å². The number of likely N-dealkylation sites (tertiary alicyclic amines) is 1. The summed E-state index contributed by atoms with van der Waals surface area (Å²) in [7, 11) is 0. The van der Waals surface area contributed by atoms with Gasteiger partial charge in [0.1, 0.15) is 5.03 Å². The molecule has 5 rings (SSSR count). The van der Waals surface area contributed by atoms with Gasteiger partial charge in [0.15, 0.2) is 5.82 Å². The Hall–Kier alpha value is -1.59. The van der Waals surface area contributed by atoms with E-state index >= 15 is 0 Å². The van der Waals surface area contributed by atoms with Crippen LogP contribution in [0.2, 0.25) is 0 Å². The molecule has 1 aliphatic carbocycles. The maximum absolute atomic E-state index is 4.44. The lowest BCUT2D eigenvalue weighted by Crippen LogP contribution is -2.48. The number of hydrogen-bond donors (Lipinski definition) is 1. The number of hydrogen-bond acceptors (Lipinski definition) is 5. The van der Waals surface area contributed by atoms with Gasteiger partial charge in [-0.05, 0) is 60.6 Å². The molecule has 3 heterocycles. The SMILES string of the molecule is CC(C)CCC1C2CCCC1CN(Cc1ccc3c(c1)Nc1nccnc1S3)C2. The van der Waals surface area contributed by atoms with Gasteiger partial charge in [0.25, 0.3) is 0 Å². The summed E-state index contributed by atoms with van der Waals surface area (Å²) < 4.78 is 0. The number of anilines is 2. The molecule has 0 radical (unpaired) electrons. The van der Waals surface area contributed by atoms with E-state index in [4.69, 9.17) is 0 Å². The van der Waals surface area contributed by atoms with E-state index < -0.39 is 0 Å². The smallest absolute Gasteiger partial charge is 0.163 e. The van der Waals surface area contributed by atoms with Gasteiger partial charge in [0.2, 0.25) is 0 Å². The fourth-order valence-electron chi connectivity index (χ4n) is 5.61. The summed E-state index contributed by atoms with van der Waals surface area (Å²) in [6.07, 6.45) is 10.7. The van der Waals surface area contributed by atoms with Crippen molar-refractivity contribution in [2.24, 2.45) is 23.7 Å². The number of nitrogens with one attached hydrogen (secondary N) is 1. The Labute approximate surface area is 178 Å². The largest absolute Gasteiger partial charge is 0.337 e. The van der Waals surface area contributed by atoms with Crippen molar-refractivity contribution in [3.63, 3.8) is 0 Å². The van der Waals surface area contributed by atoms with Crippen LogP contribution in [0.15, 0.2) is 40.5 Å². The van der Waals surface area contributed by atoms with Gasteiger partial charge in [0, 0.05) is 36.9 Å². The minimum absolute atomic E-state index is 0.837. The third kappa shape index (κ3) is 4.17. The summed E-state index contributed by atoms with van der Waals surface area (Å²) in [5, 5.41) is 4.44. The Bertz CT molecular complexity index is 854. The molecule has 154 valence electrons.